The minimum absolute atomic E-state index is 0.563. The first-order chi connectivity index (χ1) is 6.77. The maximum atomic E-state index is 10.8. The van der Waals surface area contributed by atoms with E-state index in [1.165, 1.54) is 25.7 Å². The third kappa shape index (κ3) is 2.07. The third-order valence-electron chi connectivity index (χ3n) is 3.21. The summed E-state index contributed by atoms with van der Waals surface area (Å²) in [5, 5.41) is 8.85. The van der Waals surface area contributed by atoms with Crippen molar-refractivity contribution in [3.63, 3.8) is 0 Å². The van der Waals surface area contributed by atoms with Crippen molar-refractivity contribution in [1.29, 1.82) is 0 Å². The summed E-state index contributed by atoms with van der Waals surface area (Å²) in [7, 11) is 0. The third-order valence-corrected chi connectivity index (χ3v) is 3.21. The maximum absolute atomic E-state index is 10.8. The van der Waals surface area contributed by atoms with Crippen molar-refractivity contribution in [1.82, 2.24) is 4.90 Å². The second kappa shape index (κ2) is 4.28. The monoisotopic (exact) mass is 199 g/mol. The van der Waals surface area contributed by atoms with Gasteiger partial charge in [0.05, 0.1) is 6.61 Å². The molecule has 1 aliphatic heterocycles. The van der Waals surface area contributed by atoms with E-state index in [0.717, 1.165) is 6.54 Å². The average Bonchev–Trinajstić information content (AvgIpc) is 2.71. The lowest BCUT2D eigenvalue weighted by Crippen LogP contribution is -2.49. The second-order valence-corrected chi connectivity index (χ2v) is 4.13. The van der Waals surface area contributed by atoms with Crippen LogP contribution in [0, 0.1) is 0 Å². The highest BCUT2D eigenvalue weighted by atomic mass is 16.5. The quantitative estimate of drug-likeness (QED) is 0.711. The first-order valence-electron chi connectivity index (χ1n) is 5.36. The van der Waals surface area contributed by atoms with Crippen LogP contribution < -0.4 is 0 Å². The van der Waals surface area contributed by atoms with Gasteiger partial charge in [-0.1, -0.05) is 12.8 Å². The standard InChI is InChI=1S/C10H17NO3/c12-10(13)9-7-11(5-6-14-9)8-3-1-2-4-8/h8-9H,1-7H2,(H,12,13). The van der Waals surface area contributed by atoms with Crippen LogP contribution in [0.4, 0.5) is 0 Å². The van der Waals surface area contributed by atoms with Crippen LogP contribution in [-0.2, 0) is 9.53 Å². The number of carboxylic acid groups (broad SMARTS) is 1. The van der Waals surface area contributed by atoms with E-state index in [9.17, 15) is 4.79 Å². The molecule has 2 fully saturated rings. The molecule has 1 saturated carbocycles. The molecule has 1 heterocycles. The van der Waals surface area contributed by atoms with Crippen molar-refractivity contribution >= 4 is 5.97 Å². The highest BCUT2D eigenvalue weighted by Gasteiger charge is 2.31. The lowest BCUT2D eigenvalue weighted by molar-refractivity contribution is -0.157. The molecule has 1 saturated heterocycles. The van der Waals surface area contributed by atoms with E-state index in [1.54, 1.807) is 0 Å². The highest BCUT2D eigenvalue weighted by molar-refractivity contribution is 5.72. The SMILES string of the molecule is O=C(O)C1CN(C2CCCC2)CCO1. The molecule has 0 aromatic heterocycles. The van der Waals surface area contributed by atoms with Crippen molar-refractivity contribution in [3.05, 3.63) is 0 Å². The topological polar surface area (TPSA) is 49.8 Å². The van der Waals surface area contributed by atoms with Gasteiger partial charge in [0.1, 0.15) is 0 Å². The summed E-state index contributed by atoms with van der Waals surface area (Å²) >= 11 is 0. The smallest absolute Gasteiger partial charge is 0.334 e. The molecule has 0 aromatic rings. The number of morpholine rings is 1. The van der Waals surface area contributed by atoms with Gasteiger partial charge < -0.3 is 9.84 Å². The van der Waals surface area contributed by atoms with Crippen molar-refractivity contribution < 1.29 is 14.6 Å². The van der Waals surface area contributed by atoms with E-state index in [0.29, 0.717) is 19.2 Å². The Kier molecular flexibility index (Phi) is 3.03. The fourth-order valence-electron chi connectivity index (χ4n) is 2.42. The maximum Gasteiger partial charge on any atom is 0.334 e. The molecule has 0 spiro atoms. The van der Waals surface area contributed by atoms with Crippen LogP contribution in [0.3, 0.4) is 0 Å². The summed E-state index contributed by atoms with van der Waals surface area (Å²) < 4.78 is 5.19. The molecule has 4 nitrogen and oxygen atoms in total. The van der Waals surface area contributed by atoms with Gasteiger partial charge in [0.25, 0.3) is 0 Å². The van der Waals surface area contributed by atoms with Crippen LogP contribution in [0.15, 0.2) is 0 Å². The first kappa shape index (κ1) is 9.93. The number of hydrogen-bond acceptors (Lipinski definition) is 3. The Labute approximate surface area is 83.8 Å². The molecule has 0 radical (unpaired) electrons. The van der Waals surface area contributed by atoms with Crippen LogP contribution in [0.1, 0.15) is 25.7 Å². The minimum Gasteiger partial charge on any atom is -0.479 e. The molecule has 4 heteroatoms. The summed E-state index contributed by atoms with van der Waals surface area (Å²) in [5.74, 6) is -0.826. The lowest BCUT2D eigenvalue weighted by atomic mass is 10.1. The molecule has 1 N–H and O–H groups in total. The Hall–Kier alpha value is -0.610. The molecule has 14 heavy (non-hydrogen) atoms. The Morgan fingerprint density at radius 1 is 1.36 bits per heavy atom. The normalized spacial score (nSPS) is 30.7. The fraction of sp³-hybridized carbons (Fsp3) is 0.900. The zero-order valence-corrected chi connectivity index (χ0v) is 8.32. The number of aliphatic carboxylic acids is 1. The molecule has 1 atom stereocenters. The van der Waals surface area contributed by atoms with Gasteiger partial charge in [-0.2, -0.15) is 0 Å². The van der Waals surface area contributed by atoms with Crippen molar-refractivity contribution in [3.8, 4) is 0 Å². The van der Waals surface area contributed by atoms with Gasteiger partial charge in [-0.3, -0.25) is 4.90 Å². The zero-order valence-electron chi connectivity index (χ0n) is 8.32. The molecular formula is C10H17NO3. The Balaban J connectivity index is 1.89. The number of carboxylic acids is 1. The lowest BCUT2D eigenvalue weighted by Gasteiger charge is -2.35. The van der Waals surface area contributed by atoms with E-state index >= 15 is 0 Å². The Morgan fingerprint density at radius 3 is 2.71 bits per heavy atom. The van der Waals surface area contributed by atoms with E-state index in [2.05, 4.69) is 4.90 Å². The van der Waals surface area contributed by atoms with E-state index < -0.39 is 12.1 Å². The van der Waals surface area contributed by atoms with E-state index in [4.69, 9.17) is 9.84 Å². The minimum atomic E-state index is -0.826. The number of rotatable bonds is 2. The van der Waals surface area contributed by atoms with Crippen molar-refractivity contribution in [2.24, 2.45) is 0 Å². The number of carbonyl (C=O) groups is 1. The second-order valence-electron chi connectivity index (χ2n) is 4.13. The molecule has 1 unspecified atom stereocenters. The van der Waals surface area contributed by atoms with E-state index in [-0.39, 0.29) is 0 Å². The van der Waals surface area contributed by atoms with Gasteiger partial charge in [-0.15, -0.1) is 0 Å². The summed E-state index contributed by atoms with van der Waals surface area (Å²) in [5.41, 5.74) is 0. The zero-order chi connectivity index (χ0) is 9.97. The molecule has 2 rings (SSSR count). The van der Waals surface area contributed by atoms with Gasteiger partial charge in [0, 0.05) is 19.1 Å². The van der Waals surface area contributed by atoms with Crippen LogP contribution in [0.5, 0.6) is 0 Å². The largest absolute Gasteiger partial charge is 0.479 e. The molecule has 0 bridgehead atoms. The van der Waals surface area contributed by atoms with Crippen LogP contribution in [0.2, 0.25) is 0 Å². The molecule has 0 aromatic carbocycles. The van der Waals surface area contributed by atoms with Gasteiger partial charge in [-0.05, 0) is 12.8 Å². The van der Waals surface area contributed by atoms with Crippen LogP contribution in [0.25, 0.3) is 0 Å². The van der Waals surface area contributed by atoms with Crippen molar-refractivity contribution in [2.45, 2.75) is 37.8 Å². The van der Waals surface area contributed by atoms with Gasteiger partial charge in [-0.25, -0.2) is 4.79 Å². The van der Waals surface area contributed by atoms with Gasteiger partial charge in [0.2, 0.25) is 0 Å². The summed E-state index contributed by atoms with van der Waals surface area (Å²) in [6, 6.07) is 0.612. The molecule has 2 aliphatic rings. The van der Waals surface area contributed by atoms with Crippen molar-refractivity contribution in [2.75, 3.05) is 19.7 Å². The Bertz CT molecular complexity index is 213. The first-order valence-corrected chi connectivity index (χ1v) is 5.36. The summed E-state index contributed by atoms with van der Waals surface area (Å²) in [6.07, 6.45) is 4.43. The van der Waals surface area contributed by atoms with E-state index in [1.807, 2.05) is 0 Å². The molecule has 80 valence electrons. The average molecular weight is 199 g/mol. The van der Waals surface area contributed by atoms with Crippen LogP contribution in [-0.4, -0.2) is 47.8 Å². The fourth-order valence-corrected chi connectivity index (χ4v) is 2.42. The summed E-state index contributed by atoms with van der Waals surface area (Å²) in [6.45, 7) is 2.03. The van der Waals surface area contributed by atoms with Gasteiger partial charge in [0.15, 0.2) is 6.10 Å². The molecule has 0 amide bonds. The number of ether oxygens (including phenoxy) is 1. The molecule has 1 aliphatic carbocycles. The predicted octanol–water partition coefficient (Wildman–Crippen LogP) is 0.714. The summed E-state index contributed by atoms with van der Waals surface area (Å²) in [4.78, 5) is 13.1. The Morgan fingerprint density at radius 2 is 2.07 bits per heavy atom. The number of nitrogens with zero attached hydrogens (tertiary/aromatic N) is 1. The highest BCUT2D eigenvalue weighted by Crippen LogP contribution is 2.24. The van der Waals surface area contributed by atoms with Crippen LogP contribution >= 0.6 is 0 Å². The number of hydrogen-bond donors (Lipinski definition) is 1. The van der Waals surface area contributed by atoms with Gasteiger partial charge >= 0.3 is 5.97 Å². The predicted molar refractivity (Wildman–Crippen MR) is 51.2 cm³/mol. The molecular weight excluding hydrogens is 182 g/mol.